The first-order valence-electron chi connectivity index (χ1n) is 7.22. The maximum absolute atomic E-state index is 12.6. The van der Waals surface area contributed by atoms with Crippen LogP contribution >= 0.6 is 0 Å². The highest BCUT2D eigenvalue weighted by atomic mass is 16.5. The number of amides is 2. The molecule has 1 aliphatic heterocycles. The Bertz CT molecular complexity index is 380. The number of nitrogens with zero attached hydrogens (tertiary/aromatic N) is 2. The van der Waals surface area contributed by atoms with Gasteiger partial charge in [-0.15, -0.1) is 0 Å². The number of likely N-dealkylation sites (N-methyl/N-ethyl adjacent to an activating group) is 1. The van der Waals surface area contributed by atoms with Crippen molar-refractivity contribution in [3.63, 3.8) is 0 Å². The lowest BCUT2D eigenvalue weighted by Gasteiger charge is -2.35. The Kier molecular flexibility index (Phi) is 5.98. The molecule has 0 spiro atoms. The number of carbonyl (C=O) groups excluding carboxylic acids is 1. The van der Waals surface area contributed by atoms with Crippen molar-refractivity contribution < 1.29 is 24.5 Å². The number of urea groups is 1. The molecule has 1 heterocycles. The van der Waals surface area contributed by atoms with Crippen LogP contribution in [-0.2, 0) is 9.53 Å². The van der Waals surface area contributed by atoms with Crippen molar-refractivity contribution in [2.24, 2.45) is 5.92 Å². The Labute approximate surface area is 125 Å². The SMILES string of the molecule is CCCN(C(=O)N(C)CC(C)(C)O)C1COCC1C(=O)O. The van der Waals surface area contributed by atoms with Crippen molar-refractivity contribution in [2.45, 2.75) is 38.8 Å². The lowest BCUT2D eigenvalue weighted by Crippen LogP contribution is -2.53. The molecule has 2 unspecified atom stereocenters. The number of carbonyl (C=O) groups is 2. The molecule has 1 rings (SSSR count). The Balaban J connectivity index is 2.85. The van der Waals surface area contributed by atoms with Crippen molar-refractivity contribution in [3.05, 3.63) is 0 Å². The van der Waals surface area contributed by atoms with Crippen molar-refractivity contribution >= 4 is 12.0 Å². The van der Waals surface area contributed by atoms with Crippen LogP contribution in [0.1, 0.15) is 27.2 Å². The number of carboxylic acid groups (broad SMARTS) is 1. The second kappa shape index (κ2) is 7.09. The van der Waals surface area contributed by atoms with Gasteiger partial charge in [0.05, 0.1) is 31.4 Å². The monoisotopic (exact) mass is 302 g/mol. The van der Waals surface area contributed by atoms with Gasteiger partial charge in [-0.25, -0.2) is 4.79 Å². The predicted octanol–water partition coefficient (Wildman–Crippen LogP) is 0.621. The standard InChI is InChI=1S/C14H26N2O5/c1-5-6-16(11-8-21-7-10(11)12(17)18)13(19)15(4)9-14(2,3)20/h10-11,20H,5-9H2,1-4H3,(H,17,18). The van der Waals surface area contributed by atoms with Crippen LogP contribution in [-0.4, -0.2) is 77.0 Å². The molecule has 7 nitrogen and oxygen atoms in total. The minimum absolute atomic E-state index is 0.128. The summed E-state index contributed by atoms with van der Waals surface area (Å²) < 4.78 is 5.25. The van der Waals surface area contributed by atoms with E-state index in [0.29, 0.717) is 6.54 Å². The van der Waals surface area contributed by atoms with Crippen LogP contribution in [0, 0.1) is 5.92 Å². The van der Waals surface area contributed by atoms with E-state index in [4.69, 9.17) is 4.74 Å². The first kappa shape index (κ1) is 17.7. The van der Waals surface area contributed by atoms with Crippen molar-refractivity contribution in [1.82, 2.24) is 9.80 Å². The van der Waals surface area contributed by atoms with Gasteiger partial charge in [0, 0.05) is 13.6 Å². The van der Waals surface area contributed by atoms with Gasteiger partial charge < -0.3 is 24.7 Å². The zero-order chi connectivity index (χ0) is 16.2. The molecule has 1 fully saturated rings. The third-order valence-electron chi connectivity index (χ3n) is 3.43. The molecule has 0 radical (unpaired) electrons. The molecule has 0 aromatic rings. The third kappa shape index (κ3) is 4.86. The van der Waals surface area contributed by atoms with Gasteiger partial charge >= 0.3 is 12.0 Å². The zero-order valence-corrected chi connectivity index (χ0v) is 13.2. The number of rotatable bonds is 6. The molecular formula is C14H26N2O5. The zero-order valence-electron chi connectivity index (χ0n) is 13.2. The smallest absolute Gasteiger partial charge is 0.320 e. The van der Waals surface area contributed by atoms with E-state index in [9.17, 15) is 19.8 Å². The average Bonchev–Trinajstić information content (AvgIpc) is 2.82. The lowest BCUT2D eigenvalue weighted by atomic mass is 10.0. The summed E-state index contributed by atoms with van der Waals surface area (Å²) in [6.45, 7) is 6.19. The van der Waals surface area contributed by atoms with Crippen molar-refractivity contribution in [1.29, 1.82) is 0 Å². The normalized spacial score (nSPS) is 22.1. The molecule has 0 aliphatic carbocycles. The van der Waals surface area contributed by atoms with Crippen molar-refractivity contribution in [3.8, 4) is 0 Å². The van der Waals surface area contributed by atoms with Crippen LogP contribution in [0.3, 0.4) is 0 Å². The van der Waals surface area contributed by atoms with E-state index < -0.39 is 23.5 Å². The minimum Gasteiger partial charge on any atom is -0.481 e. The number of hydrogen-bond donors (Lipinski definition) is 2. The Morgan fingerprint density at radius 3 is 2.43 bits per heavy atom. The van der Waals surface area contributed by atoms with Gasteiger partial charge in [0.1, 0.15) is 5.92 Å². The predicted molar refractivity (Wildman–Crippen MR) is 77.1 cm³/mol. The lowest BCUT2D eigenvalue weighted by molar-refractivity contribution is -0.142. The van der Waals surface area contributed by atoms with Crippen LogP contribution in [0.15, 0.2) is 0 Å². The number of ether oxygens (including phenoxy) is 1. The summed E-state index contributed by atoms with van der Waals surface area (Å²) in [5.74, 6) is -1.65. The van der Waals surface area contributed by atoms with E-state index in [1.807, 2.05) is 6.92 Å². The van der Waals surface area contributed by atoms with Gasteiger partial charge in [-0.05, 0) is 20.3 Å². The van der Waals surface area contributed by atoms with Crippen LogP contribution < -0.4 is 0 Å². The summed E-state index contributed by atoms with van der Waals surface area (Å²) in [5.41, 5.74) is -0.999. The molecule has 0 aromatic carbocycles. The summed E-state index contributed by atoms with van der Waals surface area (Å²) in [5, 5.41) is 19.1. The topological polar surface area (TPSA) is 90.3 Å². The average molecular weight is 302 g/mol. The summed E-state index contributed by atoms with van der Waals surface area (Å²) in [4.78, 5) is 26.8. The van der Waals surface area contributed by atoms with E-state index in [-0.39, 0.29) is 25.8 Å². The number of hydrogen-bond acceptors (Lipinski definition) is 4. The molecule has 2 N–H and O–H groups in total. The second-order valence-electron chi connectivity index (χ2n) is 6.19. The van der Waals surface area contributed by atoms with Gasteiger partial charge in [-0.1, -0.05) is 6.92 Å². The van der Waals surface area contributed by atoms with E-state index in [2.05, 4.69) is 0 Å². The van der Waals surface area contributed by atoms with Gasteiger partial charge in [0.25, 0.3) is 0 Å². The molecule has 21 heavy (non-hydrogen) atoms. The Morgan fingerprint density at radius 2 is 1.95 bits per heavy atom. The molecule has 1 saturated heterocycles. The Morgan fingerprint density at radius 1 is 1.33 bits per heavy atom. The number of carboxylic acids is 1. The number of aliphatic carboxylic acids is 1. The summed E-state index contributed by atoms with van der Waals surface area (Å²) in [6.07, 6.45) is 0.727. The summed E-state index contributed by atoms with van der Waals surface area (Å²) >= 11 is 0. The molecule has 0 saturated carbocycles. The summed E-state index contributed by atoms with van der Waals surface area (Å²) in [7, 11) is 1.61. The molecular weight excluding hydrogens is 276 g/mol. The van der Waals surface area contributed by atoms with Gasteiger partial charge in [-0.3, -0.25) is 4.79 Å². The first-order valence-corrected chi connectivity index (χ1v) is 7.22. The summed E-state index contributed by atoms with van der Waals surface area (Å²) in [6, 6.07) is -0.736. The fraction of sp³-hybridized carbons (Fsp3) is 0.857. The molecule has 0 aromatic heterocycles. The van der Waals surface area contributed by atoms with Gasteiger partial charge in [-0.2, -0.15) is 0 Å². The largest absolute Gasteiger partial charge is 0.481 e. The highest BCUT2D eigenvalue weighted by molar-refractivity contribution is 5.77. The minimum atomic E-state index is -0.999. The fourth-order valence-electron chi connectivity index (χ4n) is 2.60. The first-order chi connectivity index (χ1) is 9.67. The van der Waals surface area contributed by atoms with Gasteiger partial charge in [0.15, 0.2) is 0 Å². The maximum atomic E-state index is 12.6. The van der Waals surface area contributed by atoms with Crippen LogP contribution in [0.5, 0.6) is 0 Å². The molecule has 2 amide bonds. The second-order valence-corrected chi connectivity index (χ2v) is 6.19. The van der Waals surface area contributed by atoms with Gasteiger partial charge in [0.2, 0.25) is 0 Å². The maximum Gasteiger partial charge on any atom is 0.320 e. The van der Waals surface area contributed by atoms with Crippen LogP contribution in [0.25, 0.3) is 0 Å². The molecule has 2 atom stereocenters. The van der Waals surface area contributed by atoms with E-state index >= 15 is 0 Å². The van der Waals surface area contributed by atoms with E-state index in [1.165, 1.54) is 4.90 Å². The Hall–Kier alpha value is -1.34. The van der Waals surface area contributed by atoms with Crippen LogP contribution in [0.4, 0.5) is 4.79 Å². The quantitative estimate of drug-likeness (QED) is 0.750. The molecule has 0 bridgehead atoms. The number of aliphatic hydroxyl groups is 1. The van der Waals surface area contributed by atoms with Crippen LogP contribution in [0.2, 0.25) is 0 Å². The fourth-order valence-corrected chi connectivity index (χ4v) is 2.60. The van der Waals surface area contributed by atoms with E-state index in [0.717, 1.165) is 6.42 Å². The highest BCUT2D eigenvalue weighted by Crippen LogP contribution is 2.22. The van der Waals surface area contributed by atoms with Crippen molar-refractivity contribution in [2.75, 3.05) is 33.4 Å². The molecule has 1 aliphatic rings. The molecule has 122 valence electrons. The van der Waals surface area contributed by atoms with E-state index in [1.54, 1.807) is 25.8 Å². The highest BCUT2D eigenvalue weighted by Gasteiger charge is 2.40. The third-order valence-corrected chi connectivity index (χ3v) is 3.43. The molecule has 7 heteroatoms.